The summed E-state index contributed by atoms with van der Waals surface area (Å²) in [7, 11) is 0. The van der Waals surface area contributed by atoms with E-state index in [0.717, 1.165) is 30.7 Å². The van der Waals surface area contributed by atoms with Crippen LogP contribution >= 0.6 is 0 Å². The third-order valence-corrected chi connectivity index (χ3v) is 2.40. The summed E-state index contributed by atoms with van der Waals surface area (Å²) in [4.78, 5) is 11.5. The van der Waals surface area contributed by atoms with E-state index < -0.39 is 0 Å². The van der Waals surface area contributed by atoms with Crippen LogP contribution in [-0.2, 0) is 0 Å². The van der Waals surface area contributed by atoms with Crippen LogP contribution in [0.3, 0.4) is 0 Å². The minimum Gasteiger partial charge on any atom is -0.494 e. The second kappa shape index (κ2) is 8.39. The van der Waals surface area contributed by atoms with Gasteiger partial charge in [0.05, 0.1) is 6.61 Å². The fraction of sp³-hybridized carbons (Fsp3) is 0.500. The first-order valence-corrected chi connectivity index (χ1v) is 6.54. The van der Waals surface area contributed by atoms with E-state index in [0.29, 0.717) is 13.2 Å². The Morgan fingerprint density at radius 3 is 2.50 bits per heavy atom. The maximum atomic E-state index is 11.5. The molecular formula is C14H22N2O2. The summed E-state index contributed by atoms with van der Waals surface area (Å²) in [6.07, 6.45) is 3.06. The van der Waals surface area contributed by atoms with E-state index in [2.05, 4.69) is 24.5 Å². The molecule has 0 unspecified atom stereocenters. The van der Waals surface area contributed by atoms with Crippen molar-refractivity contribution in [2.75, 3.05) is 18.5 Å². The SMILES string of the molecule is CCCCNC(=O)Nc1ccc(OCCC)cc1. The molecule has 1 rings (SSSR count). The smallest absolute Gasteiger partial charge is 0.319 e. The number of carbonyl (C=O) groups is 1. The first-order valence-electron chi connectivity index (χ1n) is 6.54. The van der Waals surface area contributed by atoms with Crippen molar-refractivity contribution < 1.29 is 9.53 Å². The van der Waals surface area contributed by atoms with Crippen molar-refractivity contribution in [3.63, 3.8) is 0 Å². The summed E-state index contributed by atoms with van der Waals surface area (Å²) >= 11 is 0. The van der Waals surface area contributed by atoms with Crippen molar-refractivity contribution in [1.82, 2.24) is 5.32 Å². The molecule has 0 aliphatic rings. The van der Waals surface area contributed by atoms with Gasteiger partial charge in [0, 0.05) is 12.2 Å². The minimum absolute atomic E-state index is 0.161. The van der Waals surface area contributed by atoms with Crippen molar-refractivity contribution in [1.29, 1.82) is 0 Å². The Balaban J connectivity index is 2.35. The van der Waals surface area contributed by atoms with Crippen LogP contribution in [0.25, 0.3) is 0 Å². The first kappa shape index (κ1) is 14.4. The number of ether oxygens (including phenoxy) is 1. The molecule has 4 heteroatoms. The van der Waals surface area contributed by atoms with Crippen LogP contribution < -0.4 is 15.4 Å². The van der Waals surface area contributed by atoms with Crippen LogP contribution in [0.2, 0.25) is 0 Å². The Morgan fingerprint density at radius 1 is 1.17 bits per heavy atom. The fourth-order valence-corrected chi connectivity index (χ4v) is 1.41. The normalized spacial score (nSPS) is 9.89. The molecule has 0 saturated carbocycles. The molecule has 18 heavy (non-hydrogen) atoms. The molecule has 0 atom stereocenters. The highest BCUT2D eigenvalue weighted by atomic mass is 16.5. The predicted octanol–water partition coefficient (Wildman–Crippen LogP) is 3.40. The van der Waals surface area contributed by atoms with Gasteiger partial charge in [0.25, 0.3) is 0 Å². The van der Waals surface area contributed by atoms with Crippen LogP contribution in [0.4, 0.5) is 10.5 Å². The number of unbranched alkanes of at least 4 members (excludes halogenated alkanes) is 1. The average molecular weight is 250 g/mol. The van der Waals surface area contributed by atoms with Gasteiger partial charge < -0.3 is 15.4 Å². The van der Waals surface area contributed by atoms with Crippen LogP contribution in [0.15, 0.2) is 24.3 Å². The van der Waals surface area contributed by atoms with Crippen LogP contribution in [0.1, 0.15) is 33.1 Å². The lowest BCUT2D eigenvalue weighted by Gasteiger charge is -2.08. The quantitative estimate of drug-likeness (QED) is 0.729. The molecule has 100 valence electrons. The molecule has 0 fully saturated rings. The van der Waals surface area contributed by atoms with E-state index in [-0.39, 0.29) is 6.03 Å². The van der Waals surface area contributed by atoms with Gasteiger partial charge in [-0.25, -0.2) is 4.79 Å². The third-order valence-electron chi connectivity index (χ3n) is 2.40. The van der Waals surface area contributed by atoms with E-state index in [4.69, 9.17) is 4.74 Å². The number of rotatable bonds is 7. The number of carbonyl (C=O) groups excluding carboxylic acids is 1. The van der Waals surface area contributed by atoms with Gasteiger partial charge in [-0.15, -0.1) is 0 Å². The van der Waals surface area contributed by atoms with Crippen LogP contribution in [0, 0.1) is 0 Å². The van der Waals surface area contributed by atoms with E-state index in [1.807, 2.05) is 24.3 Å². The predicted molar refractivity (Wildman–Crippen MR) is 74.2 cm³/mol. The molecule has 0 spiro atoms. The topological polar surface area (TPSA) is 50.4 Å². The summed E-state index contributed by atoms with van der Waals surface area (Å²) < 4.78 is 5.47. The van der Waals surface area contributed by atoms with Crippen molar-refractivity contribution >= 4 is 11.7 Å². The van der Waals surface area contributed by atoms with Crippen LogP contribution in [0.5, 0.6) is 5.75 Å². The highest BCUT2D eigenvalue weighted by molar-refractivity contribution is 5.89. The minimum atomic E-state index is -0.161. The van der Waals surface area contributed by atoms with E-state index in [1.54, 1.807) is 0 Å². The summed E-state index contributed by atoms with van der Waals surface area (Å²) in [5.41, 5.74) is 0.771. The number of nitrogens with one attached hydrogen (secondary N) is 2. The first-order chi connectivity index (χ1) is 8.76. The fourth-order valence-electron chi connectivity index (χ4n) is 1.41. The molecule has 2 N–H and O–H groups in total. The van der Waals surface area contributed by atoms with Gasteiger partial charge in [-0.2, -0.15) is 0 Å². The molecule has 1 aromatic rings. The number of urea groups is 1. The third kappa shape index (κ3) is 5.57. The van der Waals surface area contributed by atoms with Gasteiger partial charge in [-0.1, -0.05) is 20.3 Å². The molecular weight excluding hydrogens is 228 g/mol. The molecule has 2 amide bonds. The largest absolute Gasteiger partial charge is 0.494 e. The number of amides is 2. The molecule has 0 saturated heterocycles. The van der Waals surface area contributed by atoms with Crippen molar-refractivity contribution in [2.24, 2.45) is 0 Å². The van der Waals surface area contributed by atoms with Gasteiger partial charge in [0.15, 0.2) is 0 Å². The number of benzene rings is 1. The van der Waals surface area contributed by atoms with Gasteiger partial charge in [-0.3, -0.25) is 0 Å². The Hall–Kier alpha value is -1.71. The van der Waals surface area contributed by atoms with Crippen molar-refractivity contribution in [3.05, 3.63) is 24.3 Å². The summed E-state index contributed by atoms with van der Waals surface area (Å²) in [5, 5.41) is 5.58. The Morgan fingerprint density at radius 2 is 1.89 bits per heavy atom. The highest BCUT2D eigenvalue weighted by Crippen LogP contribution is 2.15. The summed E-state index contributed by atoms with van der Waals surface area (Å²) in [6.45, 7) is 5.58. The Labute approximate surface area is 109 Å². The monoisotopic (exact) mass is 250 g/mol. The van der Waals surface area contributed by atoms with Crippen molar-refractivity contribution in [3.8, 4) is 5.75 Å². The second-order valence-electron chi connectivity index (χ2n) is 4.11. The van der Waals surface area contributed by atoms with Gasteiger partial charge >= 0.3 is 6.03 Å². The number of hydrogen-bond donors (Lipinski definition) is 2. The molecule has 0 aliphatic heterocycles. The van der Waals surface area contributed by atoms with Gasteiger partial charge in [0.2, 0.25) is 0 Å². The molecule has 0 aliphatic carbocycles. The molecule has 0 heterocycles. The lowest BCUT2D eigenvalue weighted by molar-refractivity contribution is 0.252. The Bertz CT molecular complexity index is 349. The van der Waals surface area contributed by atoms with E-state index in [1.165, 1.54) is 0 Å². The number of anilines is 1. The summed E-state index contributed by atoms with van der Waals surface area (Å²) in [6, 6.07) is 7.23. The zero-order chi connectivity index (χ0) is 13.2. The molecule has 0 radical (unpaired) electrons. The number of hydrogen-bond acceptors (Lipinski definition) is 2. The maximum absolute atomic E-state index is 11.5. The van der Waals surface area contributed by atoms with E-state index >= 15 is 0 Å². The van der Waals surface area contributed by atoms with Gasteiger partial charge in [0.1, 0.15) is 5.75 Å². The molecule has 0 bridgehead atoms. The molecule has 1 aromatic carbocycles. The lowest BCUT2D eigenvalue weighted by Crippen LogP contribution is -2.29. The Kier molecular flexibility index (Phi) is 6.69. The standard InChI is InChI=1S/C14H22N2O2/c1-3-5-10-15-14(17)16-12-6-8-13(9-7-12)18-11-4-2/h6-9H,3-5,10-11H2,1-2H3,(H2,15,16,17). The van der Waals surface area contributed by atoms with Crippen molar-refractivity contribution in [2.45, 2.75) is 33.1 Å². The average Bonchev–Trinajstić information content (AvgIpc) is 2.38. The van der Waals surface area contributed by atoms with Gasteiger partial charge in [-0.05, 0) is 37.1 Å². The molecule has 0 aromatic heterocycles. The second-order valence-corrected chi connectivity index (χ2v) is 4.11. The molecule has 4 nitrogen and oxygen atoms in total. The lowest BCUT2D eigenvalue weighted by atomic mass is 10.3. The van der Waals surface area contributed by atoms with E-state index in [9.17, 15) is 4.79 Å². The highest BCUT2D eigenvalue weighted by Gasteiger charge is 2.00. The van der Waals surface area contributed by atoms with Crippen LogP contribution in [-0.4, -0.2) is 19.2 Å². The zero-order valence-electron chi connectivity index (χ0n) is 11.2. The summed E-state index contributed by atoms with van der Waals surface area (Å²) in [5.74, 6) is 0.828. The maximum Gasteiger partial charge on any atom is 0.319 e. The zero-order valence-corrected chi connectivity index (χ0v) is 11.2.